The van der Waals surface area contributed by atoms with Crippen LogP contribution in [0.3, 0.4) is 0 Å². The van der Waals surface area contributed by atoms with Crippen LogP contribution >= 0.6 is 11.6 Å². The molecule has 1 unspecified atom stereocenters. The largest absolute Gasteiger partial charge is 0.486 e. The standard InChI is InChI=1S/C25H21ClN2O5S/c1-16(17-6-3-2-4-7-17)27-24-25(28-23(33-24)18-8-5-9-19(26)14-18)34(29,30)20-10-11-21-22(15-20)32-13-12-31-21/h2-11,14-16,27H,12-13H2,1H3. The van der Waals surface area contributed by atoms with Crippen molar-refractivity contribution in [3.63, 3.8) is 0 Å². The lowest BCUT2D eigenvalue weighted by Crippen LogP contribution is -2.16. The summed E-state index contributed by atoms with van der Waals surface area (Å²) in [5.41, 5.74) is 1.53. The molecular formula is C25H21ClN2O5S. The number of fused-ring (bicyclic) bond motifs is 1. The lowest BCUT2D eigenvalue weighted by molar-refractivity contribution is 0.171. The molecule has 0 saturated heterocycles. The molecule has 3 aromatic carbocycles. The molecule has 1 atom stereocenters. The van der Waals surface area contributed by atoms with Crippen molar-refractivity contribution in [2.75, 3.05) is 18.5 Å². The van der Waals surface area contributed by atoms with Crippen molar-refractivity contribution in [1.82, 2.24) is 4.98 Å². The first-order chi connectivity index (χ1) is 16.4. The third-order valence-electron chi connectivity index (χ3n) is 5.39. The molecule has 174 valence electrons. The maximum absolute atomic E-state index is 13.7. The number of benzene rings is 3. The average Bonchev–Trinajstić information content (AvgIpc) is 3.29. The van der Waals surface area contributed by atoms with Gasteiger partial charge in [0.05, 0.1) is 10.9 Å². The average molecular weight is 497 g/mol. The summed E-state index contributed by atoms with van der Waals surface area (Å²) in [4.78, 5) is 4.41. The van der Waals surface area contributed by atoms with Gasteiger partial charge in [-0.2, -0.15) is 4.98 Å². The second-order valence-electron chi connectivity index (χ2n) is 7.75. The smallest absolute Gasteiger partial charge is 0.234 e. The fraction of sp³-hybridized carbons (Fsp3) is 0.160. The molecule has 5 rings (SSSR count). The van der Waals surface area contributed by atoms with Crippen molar-refractivity contribution in [3.8, 4) is 23.0 Å². The lowest BCUT2D eigenvalue weighted by Gasteiger charge is -2.19. The number of sulfone groups is 1. The summed E-state index contributed by atoms with van der Waals surface area (Å²) in [6.07, 6.45) is 0. The van der Waals surface area contributed by atoms with Gasteiger partial charge >= 0.3 is 0 Å². The number of anilines is 1. The molecule has 1 aliphatic rings. The van der Waals surface area contributed by atoms with Gasteiger partial charge in [-0.1, -0.05) is 48.0 Å². The van der Waals surface area contributed by atoms with Gasteiger partial charge in [0.15, 0.2) is 11.5 Å². The zero-order valence-electron chi connectivity index (χ0n) is 18.2. The Kier molecular flexibility index (Phi) is 5.93. The predicted octanol–water partition coefficient (Wildman–Crippen LogP) is 5.77. The molecule has 34 heavy (non-hydrogen) atoms. The van der Waals surface area contributed by atoms with Gasteiger partial charge in [0, 0.05) is 16.7 Å². The Morgan fingerprint density at radius 3 is 2.47 bits per heavy atom. The Labute approximate surface area is 202 Å². The molecule has 9 heteroatoms. The van der Waals surface area contributed by atoms with E-state index in [0.717, 1.165) is 5.56 Å². The van der Waals surface area contributed by atoms with Gasteiger partial charge in [-0.3, -0.25) is 0 Å². The van der Waals surface area contributed by atoms with E-state index >= 15 is 0 Å². The summed E-state index contributed by atoms with van der Waals surface area (Å²) in [7, 11) is -4.06. The Balaban J connectivity index is 1.59. The molecule has 1 N–H and O–H groups in total. The first-order valence-electron chi connectivity index (χ1n) is 10.6. The number of nitrogens with one attached hydrogen (secondary N) is 1. The molecule has 4 aromatic rings. The molecule has 1 aliphatic heterocycles. The van der Waals surface area contributed by atoms with E-state index in [-0.39, 0.29) is 27.7 Å². The third kappa shape index (κ3) is 4.34. The summed E-state index contributed by atoms with van der Waals surface area (Å²) in [5, 5.41) is 3.44. The van der Waals surface area contributed by atoms with E-state index in [1.54, 1.807) is 30.3 Å². The van der Waals surface area contributed by atoms with Gasteiger partial charge in [0.1, 0.15) is 13.2 Å². The summed E-state index contributed by atoms with van der Waals surface area (Å²) in [5.74, 6) is 1.06. The van der Waals surface area contributed by atoms with Gasteiger partial charge in [-0.25, -0.2) is 8.42 Å². The highest BCUT2D eigenvalue weighted by molar-refractivity contribution is 7.91. The molecule has 0 saturated carbocycles. The Hall–Kier alpha value is -3.49. The fourth-order valence-corrected chi connectivity index (χ4v) is 5.12. The van der Waals surface area contributed by atoms with Crippen molar-refractivity contribution >= 4 is 27.3 Å². The first kappa shape index (κ1) is 22.3. The van der Waals surface area contributed by atoms with Crippen LogP contribution in [0.5, 0.6) is 11.5 Å². The molecule has 0 bridgehead atoms. The van der Waals surface area contributed by atoms with Crippen LogP contribution in [0, 0.1) is 0 Å². The van der Waals surface area contributed by atoms with E-state index < -0.39 is 9.84 Å². The second kappa shape index (κ2) is 9.04. The van der Waals surface area contributed by atoms with Gasteiger partial charge in [-0.15, -0.1) is 0 Å². The van der Waals surface area contributed by atoms with Gasteiger partial charge in [-0.05, 0) is 42.8 Å². The molecule has 1 aromatic heterocycles. The summed E-state index contributed by atoms with van der Waals surface area (Å²) >= 11 is 6.13. The zero-order chi connectivity index (χ0) is 23.7. The maximum Gasteiger partial charge on any atom is 0.234 e. The predicted molar refractivity (Wildman–Crippen MR) is 128 cm³/mol. The zero-order valence-corrected chi connectivity index (χ0v) is 19.8. The molecule has 7 nitrogen and oxygen atoms in total. The number of aromatic nitrogens is 1. The van der Waals surface area contributed by atoms with E-state index in [0.29, 0.717) is 35.3 Å². The highest BCUT2D eigenvalue weighted by Crippen LogP contribution is 2.38. The molecule has 0 fully saturated rings. The first-order valence-corrected chi connectivity index (χ1v) is 12.5. The third-order valence-corrected chi connectivity index (χ3v) is 7.29. The van der Waals surface area contributed by atoms with Crippen LogP contribution in [0.4, 0.5) is 5.88 Å². The van der Waals surface area contributed by atoms with Crippen LogP contribution < -0.4 is 14.8 Å². The summed E-state index contributed by atoms with van der Waals surface area (Å²) < 4.78 is 44.4. The van der Waals surface area contributed by atoms with E-state index in [9.17, 15) is 8.42 Å². The molecule has 0 radical (unpaired) electrons. The van der Waals surface area contributed by atoms with Crippen LogP contribution in [0.15, 0.2) is 87.1 Å². The highest BCUT2D eigenvalue weighted by atomic mass is 35.5. The maximum atomic E-state index is 13.7. The molecule has 0 spiro atoms. The van der Waals surface area contributed by atoms with E-state index in [1.165, 1.54) is 12.1 Å². The van der Waals surface area contributed by atoms with Gasteiger partial charge < -0.3 is 19.2 Å². The minimum atomic E-state index is -4.06. The number of hydrogen-bond donors (Lipinski definition) is 1. The number of halogens is 1. The van der Waals surface area contributed by atoms with Crippen molar-refractivity contribution in [3.05, 3.63) is 83.4 Å². The van der Waals surface area contributed by atoms with Crippen molar-refractivity contribution in [1.29, 1.82) is 0 Å². The second-order valence-corrected chi connectivity index (χ2v) is 10.1. The van der Waals surface area contributed by atoms with Crippen LogP contribution in [0.2, 0.25) is 5.02 Å². The van der Waals surface area contributed by atoms with Crippen LogP contribution in [0.25, 0.3) is 11.5 Å². The normalized spacial score (nSPS) is 13.9. The molecule has 2 heterocycles. The molecule has 0 amide bonds. The minimum Gasteiger partial charge on any atom is -0.486 e. The van der Waals surface area contributed by atoms with E-state index in [1.807, 2.05) is 37.3 Å². The van der Waals surface area contributed by atoms with Gasteiger partial charge in [0.25, 0.3) is 0 Å². The van der Waals surface area contributed by atoms with Crippen LogP contribution in [0.1, 0.15) is 18.5 Å². The lowest BCUT2D eigenvalue weighted by atomic mass is 10.1. The van der Waals surface area contributed by atoms with Gasteiger partial charge in [0.2, 0.25) is 26.6 Å². The van der Waals surface area contributed by atoms with E-state index in [2.05, 4.69) is 10.3 Å². The topological polar surface area (TPSA) is 90.7 Å². The summed E-state index contributed by atoms with van der Waals surface area (Å²) in [6.45, 7) is 2.68. The summed E-state index contributed by atoms with van der Waals surface area (Å²) in [6, 6.07) is 20.8. The fourth-order valence-electron chi connectivity index (χ4n) is 3.65. The van der Waals surface area contributed by atoms with Crippen LogP contribution in [-0.2, 0) is 9.84 Å². The Morgan fingerprint density at radius 2 is 1.71 bits per heavy atom. The minimum absolute atomic E-state index is 0.0260. The monoisotopic (exact) mass is 496 g/mol. The Bertz CT molecular complexity index is 1440. The SMILES string of the molecule is CC(Nc1oc(-c2cccc(Cl)c2)nc1S(=O)(=O)c1ccc2c(c1)OCCO2)c1ccccc1. The molecular weight excluding hydrogens is 476 g/mol. The number of nitrogens with zero attached hydrogens (tertiary/aromatic N) is 1. The molecule has 0 aliphatic carbocycles. The van der Waals surface area contributed by atoms with Crippen LogP contribution in [-0.4, -0.2) is 26.6 Å². The number of ether oxygens (including phenoxy) is 2. The Morgan fingerprint density at radius 1 is 0.941 bits per heavy atom. The number of oxazole rings is 1. The quantitative estimate of drug-likeness (QED) is 0.362. The highest BCUT2D eigenvalue weighted by Gasteiger charge is 2.31. The number of hydrogen-bond acceptors (Lipinski definition) is 7. The van der Waals surface area contributed by atoms with Crippen molar-refractivity contribution in [2.24, 2.45) is 0 Å². The van der Waals surface area contributed by atoms with E-state index in [4.69, 9.17) is 25.5 Å². The number of rotatable bonds is 6. The van der Waals surface area contributed by atoms with Crippen molar-refractivity contribution < 1.29 is 22.3 Å². The van der Waals surface area contributed by atoms with Crippen molar-refractivity contribution in [2.45, 2.75) is 22.9 Å².